The standard InChI is InChI=1S/C22H38N4O3S/c1-5-19(6-2)21(26-12-14-29-15-13-26)17-25-22(23-7-3)24-16-18-8-10-20(11-9-18)30(4,27)28/h8-11,19,21H,5-7,12-17H2,1-4H3,(H2,23,24,25). The minimum atomic E-state index is -3.18. The number of morpholine rings is 1. The Labute approximate surface area is 182 Å². The largest absolute Gasteiger partial charge is 0.379 e. The molecule has 1 atom stereocenters. The average Bonchev–Trinajstić information content (AvgIpc) is 2.75. The van der Waals surface area contributed by atoms with Crippen LogP contribution in [0.5, 0.6) is 0 Å². The lowest BCUT2D eigenvalue weighted by Gasteiger charge is -2.39. The Bertz CT molecular complexity index is 755. The summed E-state index contributed by atoms with van der Waals surface area (Å²) in [6, 6.07) is 7.38. The van der Waals surface area contributed by atoms with Gasteiger partial charge in [-0.3, -0.25) is 4.90 Å². The van der Waals surface area contributed by atoms with Crippen LogP contribution in [0.4, 0.5) is 0 Å². The van der Waals surface area contributed by atoms with E-state index < -0.39 is 9.84 Å². The van der Waals surface area contributed by atoms with Crippen molar-refractivity contribution in [2.45, 2.75) is 51.1 Å². The van der Waals surface area contributed by atoms with Gasteiger partial charge in [0.1, 0.15) is 0 Å². The molecule has 0 saturated carbocycles. The van der Waals surface area contributed by atoms with E-state index in [-0.39, 0.29) is 0 Å². The van der Waals surface area contributed by atoms with E-state index in [1.54, 1.807) is 12.1 Å². The Morgan fingerprint density at radius 3 is 2.27 bits per heavy atom. The summed E-state index contributed by atoms with van der Waals surface area (Å²) in [5, 5.41) is 6.86. The fourth-order valence-corrected chi connectivity index (χ4v) is 4.52. The van der Waals surface area contributed by atoms with Gasteiger partial charge in [0.05, 0.1) is 24.7 Å². The molecule has 0 bridgehead atoms. The lowest BCUT2D eigenvalue weighted by Crippen LogP contribution is -2.53. The molecule has 0 amide bonds. The summed E-state index contributed by atoms with van der Waals surface area (Å²) in [7, 11) is -3.18. The van der Waals surface area contributed by atoms with Crippen molar-refractivity contribution in [3.63, 3.8) is 0 Å². The molecule has 0 aliphatic carbocycles. The third kappa shape index (κ3) is 7.56. The number of aliphatic imine (C=N–C) groups is 1. The van der Waals surface area contributed by atoms with Gasteiger partial charge >= 0.3 is 0 Å². The molecular formula is C22H38N4O3S. The minimum Gasteiger partial charge on any atom is -0.379 e. The topological polar surface area (TPSA) is 83.0 Å². The number of nitrogens with one attached hydrogen (secondary N) is 2. The summed E-state index contributed by atoms with van der Waals surface area (Å²) >= 11 is 0. The highest BCUT2D eigenvalue weighted by molar-refractivity contribution is 7.90. The maximum absolute atomic E-state index is 11.6. The molecular weight excluding hydrogens is 400 g/mol. The lowest BCUT2D eigenvalue weighted by molar-refractivity contribution is 0.00272. The summed E-state index contributed by atoms with van der Waals surface area (Å²) in [6.07, 6.45) is 3.53. The van der Waals surface area contributed by atoms with Gasteiger partial charge in [-0.15, -0.1) is 0 Å². The van der Waals surface area contributed by atoms with E-state index in [9.17, 15) is 8.42 Å². The number of guanidine groups is 1. The minimum absolute atomic E-state index is 0.332. The molecule has 1 aliphatic heterocycles. The maximum Gasteiger partial charge on any atom is 0.191 e. The molecule has 1 unspecified atom stereocenters. The smallest absolute Gasteiger partial charge is 0.191 e. The van der Waals surface area contributed by atoms with E-state index in [0.29, 0.717) is 23.4 Å². The molecule has 1 aliphatic rings. The molecule has 0 aromatic heterocycles. The maximum atomic E-state index is 11.6. The van der Waals surface area contributed by atoms with Crippen molar-refractivity contribution in [1.29, 1.82) is 0 Å². The fraction of sp³-hybridized carbons (Fsp3) is 0.682. The molecule has 1 aromatic rings. The molecule has 1 heterocycles. The number of rotatable bonds is 10. The fourth-order valence-electron chi connectivity index (χ4n) is 3.89. The van der Waals surface area contributed by atoms with Gasteiger partial charge in [-0.25, -0.2) is 13.4 Å². The molecule has 1 fully saturated rings. The highest BCUT2D eigenvalue weighted by atomic mass is 32.2. The predicted octanol–water partition coefficient (Wildman–Crippen LogP) is 2.28. The monoisotopic (exact) mass is 438 g/mol. The van der Waals surface area contributed by atoms with Crippen LogP contribution in [0.1, 0.15) is 39.2 Å². The van der Waals surface area contributed by atoms with Crippen LogP contribution >= 0.6 is 0 Å². The van der Waals surface area contributed by atoms with Gasteiger partial charge < -0.3 is 15.4 Å². The zero-order valence-electron chi connectivity index (χ0n) is 18.9. The Kier molecular flexibility index (Phi) is 10.1. The normalized spacial score (nSPS) is 17.2. The van der Waals surface area contributed by atoms with Gasteiger partial charge in [-0.05, 0) is 30.5 Å². The average molecular weight is 439 g/mol. The zero-order chi connectivity index (χ0) is 22.0. The quantitative estimate of drug-likeness (QED) is 0.431. The van der Waals surface area contributed by atoms with E-state index in [0.717, 1.165) is 63.8 Å². The first kappa shape index (κ1) is 24.6. The predicted molar refractivity (Wildman–Crippen MR) is 123 cm³/mol. The third-order valence-corrected chi connectivity index (χ3v) is 6.83. The van der Waals surface area contributed by atoms with E-state index in [1.165, 1.54) is 6.26 Å². The van der Waals surface area contributed by atoms with Gasteiger partial charge in [-0.2, -0.15) is 0 Å². The molecule has 7 nitrogen and oxygen atoms in total. The van der Waals surface area contributed by atoms with Crippen molar-refractivity contribution in [3.05, 3.63) is 29.8 Å². The van der Waals surface area contributed by atoms with Crippen LogP contribution in [0.3, 0.4) is 0 Å². The second-order valence-electron chi connectivity index (χ2n) is 7.78. The third-order valence-electron chi connectivity index (χ3n) is 5.70. The van der Waals surface area contributed by atoms with Crippen molar-refractivity contribution >= 4 is 15.8 Å². The second-order valence-corrected chi connectivity index (χ2v) is 9.80. The van der Waals surface area contributed by atoms with E-state index in [1.807, 2.05) is 12.1 Å². The van der Waals surface area contributed by atoms with Gasteiger partial charge in [0.2, 0.25) is 0 Å². The van der Waals surface area contributed by atoms with Crippen molar-refractivity contribution in [3.8, 4) is 0 Å². The molecule has 0 spiro atoms. The molecule has 8 heteroatoms. The van der Waals surface area contributed by atoms with Crippen LogP contribution in [0.25, 0.3) is 0 Å². The number of hydrogen-bond donors (Lipinski definition) is 2. The van der Waals surface area contributed by atoms with Crippen molar-refractivity contribution in [2.75, 3.05) is 45.6 Å². The van der Waals surface area contributed by atoms with Gasteiger partial charge in [-0.1, -0.05) is 38.8 Å². The Hall–Kier alpha value is -1.64. The van der Waals surface area contributed by atoms with Crippen molar-refractivity contribution in [2.24, 2.45) is 10.9 Å². The highest BCUT2D eigenvalue weighted by Gasteiger charge is 2.27. The molecule has 170 valence electrons. The van der Waals surface area contributed by atoms with Gasteiger partial charge in [0, 0.05) is 38.5 Å². The molecule has 2 N–H and O–H groups in total. The summed E-state index contributed by atoms with van der Waals surface area (Å²) in [6.45, 7) is 12.2. The zero-order valence-corrected chi connectivity index (χ0v) is 19.7. The van der Waals surface area contributed by atoms with Gasteiger partial charge in [0.15, 0.2) is 15.8 Å². The van der Waals surface area contributed by atoms with Crippen LogP contribution in [0.2, 0.25) is 0 Å². The van der Waals surface area contributed by atoms with Crippen LogP contribution in [-0.4, -0.2) is 71.0 Å². The molecule has 30 heavy (non-hydrogen) atoms. The highest BCUT2D eigenvalue weighted by Crippen LogP contribution is 2.19. The van der Waals surface area contributed by atoms with Crippen molar-refractivity contribution in [1.82, 2.24) is 15.5 Å². The first-order chi connectivity index (χ1) is 14.4. The number of benzene rings is 1. The summed E-state index contributed by atoms with van der Waals surface area (Å²) < 4.78 is 28.8. The number of sulfone groups is 1. The molecule has 2 rings (SSSR count). The van der Waals surface area contributed by atoms with E-state index >= 15 is 0 Å². The van der Waals surface area contributed by atoms with E-state index in [4.69, 9.17) is 9.73 Å². The molecule has 1 saturated heterocycles. The van der Waals surface area contributed by atoms with E-state index in [2.05, 4.69) is 36.3 Å². The van der Waals surface area contributed by atoms with Crippen LogP contribution in [0.15, 0.2) is 34.2 Å². The number of hydrogen-bond acceptors (Lipinski definition) is 5. The SMILES string of the molecule is CCNC(=NCc1ccc(S(C)(=O)=O)cc1)NCC(C(CC)CC)N1CCOCC1. The Morgan fingerprint density at radius 1 is 1.10 bits per heavy atom. The van der Waals surface area contributed by atoms with Crippen molar-refractivity contribution < 1.29 is 13.2 Å². The number of ether oxygens (including phenoxy) is 1. The Morgan fingerprint density at radius 2 is 1.73 bits per heavy atom. The lowest BCUT2D eigenvalue weighted by atomic mass is 9.92. The van der Waals surface area contributed by atoms with Gasteiger partial charge in [0.25, 0.3) is 0 Å². The first-order valence-electron chi connectivity index (χ1n) is 11.0. The van der Waals surface area contributed by atoms with Crippen LogP contribution < -0.4 is 10.6 Å². The first-order valence-corrected chi connectivity index (χ1v) is 12.9. The number of nitrogens with zero attached hydrogens (tertiary/aromatic N) is 2. The summed E-state index contributed by atoms with van der Waals surface area (Å²) in [5.74, 6) is 1.41. The second kappa shape index (κ2) is 12.3. The van der Waals surface area contributed by atoms with Crippen LogP contribution in [0, 0.1) is 5.92 Å². The molecule has 1 aromatic carbocycles. The molecule has 0 radical (unpaired) electrons. The Balaban J connectivity index is 2.04. The van der Waals surface area contributed by atoms with Crippen LogP contribution in [-0.2, 0) is 21.1 Å². The summed E-state index contributed by atoms with van der Waals surface area (Å²) in [4.78, 5) is 7.58. The summed E-state index contributed by atoms with van der Waals surface area (Å²) in [5.41, 5.74) is 0.976.